The van der Waals surface area contributed by atoms with Gasteiger partial charge in [0.15, 0.2) is 0 Å². The van der Waals surface area contributed by atoms with Crippen LogP contribution in [0.25, 0.3) is 11.0 Å². The third kappa shape index (κ3) is 8.20. The summed E-state index contributed by atoms with van der Waals surface area (Å²) in [5.41, 5.74) is 1.70. The third-order valence-electron chi connectivity index (χ3n) is 11.4. The molecule has 4 aliphatic rings. The lowest BCUT2D eigenvalue weighted by Gasteiger charge is -2.38. The highest BCUT2D eigenvalue weighted by Crippen LogP contribution is 2.32. The Labute approximate surface area is 324 Å². The number of hydrogen-bond acceptors (Lipinski definition) is 11. The van der Waals surface area contributed by atoms with Crippen molar-refractivity contribution in [2.75, 3.05) is 49.1 Å². The van der Waals surface area contributed by atoms with Crippen molar-refractivity contribution in [2.45, 2.75) is 76.0 Å². The van der Waals surface area contributed by atoms with Gasteiger partial charge in [-0.3, -0.25) is 19.8 Å². The van der Waals surface area contributed by atoms with Gasteiger partial charge in [-0.25, -0.2) is 24.7 Å². The Morgan fingerprint density at radius 1 is 0.945 bits per heavy atom. The lowest BCUT2D eigenvalue weighted by atomic mass is 9.92. The van der Waals surface area contributed by atoms with E-state index in [2.05, 4.69) is 51.0 Å². The summed E-state index contributed by atoms with van der Waals surface area (Å²) in [5.74, 6) is 2.02. The maximum Gasteiger partial charge on any atom is 0.329 e. The van der Waals surface area contributed by atoms with Gasteiger partial charge in [-0.2, -0.15) is 5.26 Å². The molecule has 15 nitrogen and oxygen atoms in total. The number of piperidine rings is 2. The molecule has 4 fully saturated rings. The number of imide groups is 1. The number of hydrogen-bond donors (Lipinski definition) is 2. The second-order valence-corrected chi connectivity index (χ2v) is 15.4. The highest BCUT2D eigenvalue weighted by Gasteiger charge is 2.30. The smallest absolute Gasteiger partial charge is 0.329 e. The molecule has 286 valence electrons. The zero-order valence-electron chi connectivity index (χ0n) is 30.6. The molecule has 0 atom stereocenters. The molecule has 16 heteroatoms. The first kappa shape index (κ1) is 36.6. The van der Waals surface area contributed by atoms with Crippen molar-refractivity contribution in [1.29, 1.82) is 5.26 Å². The fourth-order valence-corrected chi connectivity index (χ4v) is 8.55. The van der Waals surface area contributed by atoms with E-state index < -0.39 is 6.03 Å². The average molecular weight is 766 g/mol. The van der Waals surface area contributed by atoms with Crippen molar-refractivity contribution in [3.8, 4) is 11.8 Å². The molecule has 1 aliphatic carbocycles. The maximum atomic E-state index is 13.0. The first-order valence-electron chi connectivity index (χ1n) is 19.2. The average Bonchev–Trinajstić information content (AvgIpc) is 3.64. The van der Waals surface area contributed by atoms with Gasteiger partial charge in [0.1, 0.15) is 29.6 Å². The Morgan fingerprint density at radius 3 is 2.42 bits per heavy atom. The van der Waals surface area contributed by atoms with Crippen LogP contribution in [0.2, 0.25) is 5.02 Å². The van der Waals surface area contributed by atoms with Gasteiger partial charge in [0.2, 0.25) is 11.9 Å². The number of nitrogens with zero attached hydrogens (tertiary/aromatic N) is 9. The summed E-state index contributed by atoms with van der Waals surface area (Å²) in [6.45, 7) is 5.16. The van der Waals surface area contributed by atoms with Crippen LogP contribution in [0.4, 0.5) is 16.6 Å². The quantitative estimate of drug-likeness (QED) is 0.238. The Balaban J connectivity index is 0.760. The molecule has 0 bridgehead atoms. The molecule has 55 heavy (non-hydrogen) atoms. The molecule has 0 unspecified atom stereocenters. The van der Waals surface area contributed by atoms with E-state index in [9.17, 15) is 14.4 Å². The first-order chi connectivity index (χ1) is 26.8. The molecule has 1 saturated carbocycles. The summed E-state index contributed by atoms with van der Waals surface area (Å²) in [5, 5.41) is 15.8. The highest BCUT2D eigenvalue weighted by atomic mass is 35.5. The molecular weight excluding hydrogens is 722 g/mol. The van der Waals surface area contributed by atoms with Crippen LogP contribution >= 0.6 is 11.6 Å². The van der Waals surface area contributed by atoms with Crippen LogP contribution < -0.4 is 25.2 Å². The van der Waals surface area contributed by atoms with Crippen LogP contribution in [0.1, 0.15) is 79.8 Å². The minimum Gasteiger partial charge on any atom is -0.490 e. The van der Waals surface area contributed by atoms with E-state index in [0.29, 0.717) is 52.2 Å². The van der Waals surface area contributed by atoms with Crippen molar-refractivity contribution in [3.05, 3.63) is 65.3 Å². The number of ether oxygens (including phenoxy) is 1. The molecular formula is C39H44ClN11O4. The van der Waals surface area contributed by atoms with Crippen molar-refractivity contribution in [1.82, 2.24) is 40.0 Å². The molecule has 3 aliphatic heterocycles. The summed E-state index contributed by atoms with van der Waals surface area (Å²) in [6, 6.07) is 9.07. The summed E-state index contributed by atoms with van der Waals surface area (Å²) in [7, 11) is 0. The summed E-state index contributed by atoms with van der Waals surface area (Å²) >= 11 is 6.15. The number of benzene rings is 1. The standard InChI is InChI=1S/C39H44ClN11O4/c40-33-19-31(4-1-26(33)20-41)55-30-5-2-28(3-6-30)46-37(53)27-21-42-38(43-22-27)49-15-7-25(8-16-49)23-48-13-9-29(10-14-48)50-17-11-32-35(50)44-24-45-36(32)51-18-12-34(52)47-39(51)54/h1,4,11,17,19,21-22,24-25,28-30H,2-3,5-10,12-16,18,23H2,(H,46,53)(H,47,52,54). The van der Waals surface area contributed by atoms with Crippen molar-refractivity contribution >= 4 is 52.2 Å². The Kier molecular flexibility index (Phi) is 10.8. The van der Waals surface area contributed by atoms with E-state index in [4.69, 9.17) is 21.6 Å². The number of urea groups is 1. The van der Waals surface area contributed by atoms with Gasteiger partial charge in [0.05, 0.1) is 27.6 Å². The molecule has 3 aromatic heterocycles. The number of carbonyl (C=O) groups excluding carboxylic acids is 3. The minimum absolute atomic E-state index is 0.0345. The lowest BCUT2D eigenvalue weighted by Crippen LogP contribution is -2.50. The first-order valence-corrected chi connectivity index (χ1v) is 19.6. The fourth-order valence-electron chi connectivity index (χ4n) is 8.34. The van der Waals surface area contributed by atoms with Crippen LogP contribution in [0.5, 0.6) is 5.75 Å². The number of carbonyl (C=O) groups is 3. The Hall–Kier alpha value is -5.33. The number of halogens is 1. The van der Waals surface area contributed by atoms with Gasteiger partial charge in [-0.15, -0.1) is 0 Å². The number of fused-ring (bicyclic) bond motifs is 1. The van der Waals surface area contributed by atoms with Crippen molar-refractivity contribution in [3.63, 3.8) is 0 Å². The molecule has 6 heterocycles. The molecule has 1 aromatic carbocycles. The molecule has 2 N–H and O–H groups in total. The van der Waals surface area contributed by atoms with Crippen LogP contribution in [-0.4, -0.2) is 98.7 Å². The Morgan fingerprint density at radius 2 is 1.71 bits per heavy atom. The molecule has 3 saturated heterocycles. The van der Waals surface area contributed by atoms with Gasteiger partial charge in [-0.05, 0) is 75.5 Å². The second kappa shape index (κ2) is 16.2. The summed E-state index contributed by atoms with van der Waals surface area (Å²) in [6.07, 6.45) is 14.5. The summed E-state index contributed by atoms with van der Waals surface area (Å²) in [4.78, 5) is 61.6. The number of nitrogens with one attached hydrogen (secondary N) is 2. The Bertz CT molecular complexity index is 2080. The summed E-state index contributed by atoms with van der Waals surface area (Å²) < 4.78 is 8.31. The number of nitriles is 1. The molecule has 8 rings (SSSR count). The maximum absolute atomic E-state index is 13.0. The number of anilines is 2. The van der Waals surface area contributed by atoms with E-state index in [1.807, 2.05) is 12.3 Å². The number of amides is 4. The zero-order chi connectivity index (χ0) is 37.9. The molecule has 0 radical (unpaired) electrons. The van der Waals surface area contributed by atoms with E-state index in [-0.39, 0.29) is 30.4 Å². The number of aromatic nitrogens is 5. The van der Waals surface area contributed by atoms with Gasteiger partial charge in [-0.1, -0.05) is 11.6 Å². The second-order valence-electron chi connectivity index (χ2n) is 15.0. The lowest BCUT2D eigenvalue weighted by molar-refractivity contribution is -0.120. The van der Waals surface area contributed by atoms with E-state index in [0.717, 1.165) is 95.1 Å². The van der Waals surface area contributed by atoms with E-state index in [1.165, 1.54) is 11.2 Å². The number of likely N-dealkylation sites (tertiary alicyclic amines) is 1. The van der Waals surface area contributed by atoms with Gasteiger partial charge < -0.3 is 24.4 Å². The topological polar surface area (TPSA) is 174 Å². The van der Waals surface area contributed by atoms with Crippen LogP contribution in [0.15, 0.2) is 49.2 Å². The van der Waals surface area contributed by atoms with Crippen molar-refractivity contribution < 1.29 is 19.1 Å². The minimum atomic E-state index is -0.444. The molecule has 4 amide bonds. The highest BCUT2D eigenvalue weighted by molar-refractivity contribution is 6.31. The third-order valence-corrected chi connectivity index (χ3v) is 11.7. The van der Waals surface area contributed by atoms with E-state index >= 15 is 0 Å². The zero-order valence-corrected chi connectivity index (χ0v) is 31.3. The molecule has 0 spiro atoms. The molecule has 4 aromatic rings. The van der Waals surface area contributed by atoms with E-state index in [1.54, 1.807) is 30.6 Å². The largest absolute Gasteiger partial charge is 0.490 e. The number of rotatable bonds is 9. The van der Waals surface area contributed by atoms with Crippen molar-refractivity contribution in [2.24, 2.45) is 5.92 Å². The predicted molar refractivity (Wildman–Crippen MR) is 205 cm³/mol. The normalized spacial score (nSPS) is 21.7. The van der Waals surface area contributed by atoms with Crippen LogP contribution in [0.3, 0.4) is 0 Å². The fraction of sp³-hybridized carbons (Fsp3) is 0.487. The van der Waals surface area contributed by atoms with Crippen LogP contribution in [-0.2, 0) is 4.79 Å². The van der Waals surface area contributed by atoms with Gasteiger partial charge >= 0.3 is 6.03 Å². The van der Waals surface area contributed by atoms with Gasteiger partial charge in [0.25, 0.3) is 5.91 Å². The monoisotopic (exact) mass is 765 g/mol. The van der Waals surface area contributed by atoms with Crippen LogP contribution in [0, 0.1) is 17.2 Å². The SMILES string of the molecule is N#Cc1ccc(OC2CCC(NC(=O)c3cnc(N4CCC(CN5CCC(n6ccc7c(N8CCC(=O)NC8=O)ncnc76)CC5)CC4)nc3)CC2)cc1Cl. The van der Waals surface area contributed by atoms with Gasteiger partial charge in [0, 0.05) is 82.4 Å². The predicted octanol–water partition coefficient (Wildman–Crippen LogP) is 4.87.